The minimum atomic E-state index is -0.740. The van der Waals surface area contributed by atoms with Gasteiger partial charge >= 0.3 is 0 Å². The third-order valence-corrected chi connectivity index (χ3v) is 4.53. The summed E-state index contributed by atoms with van der Waals surface area (Å²) in [5.41, 5.74) is 0.788. The molecule has 0 unspecified atom stereocenters. The number of benzene rings is 2. The first-order chi connectivity index (χ1) is 13.9. The van der Waals surface area contributed by atoms with Crippen molar-refractivity contribution in [1.29, 1.82) is 0 Å². The van der Waals surface area contributed by atoms with Crippen molar-refractivity contribution in [3.05, 3.63) is 75.6 Å². The fraction of sp³-hybridized carbons (Fsp3) is 0.333. The van der Waals surface area contributed by atoms with Crippen LogP contribution in [-0.4, -0.2) is 34.2 Å². The second-order valence-electron chi connectivity index (χ2n) is 6.53. The Balaban J connectivity index is 2.34. The molecule has 29 heavy (non-hydrogen) atoms. The van der Waals surface area contributed by atoms with Gasteiger partial charge in [0, 0.05) is 24.7 Å². The second-order valence-corrected chi connectivity index (χ2v) is 6.53. The zero-order valence-corrected chi connectivity index (χ0v) is 16.4. The van der Waals surface area contributed by atoms with Crippen LogP contribution in [0.1, 0.15) is 31.4 Å². The van der Waals surface area contributed by atoms with Gasteiger partial charge in [0.15, 0.2) is 0 Å². The highest BCUT2D eigenvalue weighted by Crippen LogP contribution is 2.21. The van der Waals surface area contributed by atoms with Crippen molar-refractivity contribution in [2.24, 2.45) is 0 Å². The van der Waals surface area contributed by atoms with Gasteiger partial charge in [-0.3, -0.25) is 19.7 Å². The molecule has 2 aromatic rings. The lowest BCUT2D eigenvalue weighted by molar-refractivity contribution is -0.385. The zero-order chi connectivity index (χ0) is 21.4. The van der Waals surface area contributed by atoms with Gasteiger partial charge in [-0.05, 0) is 31.0 Å². The van der Waals surface area contributed by atoms with E-state index in [1.165, 1.54) is 35.2 Å². The minimum absolute atomic E-state index is 0.0926. The lowest BCUT2D eigenvalue weighted by Gasteiger charge is -2.30. The van der Waals surface area contributed by atoms with Crippen LogP contribution in [0.3, 0.4) is 0 Å². The predicted octanol–water partition coefficient (Wildman–Crippen LogP) is 3.22. The Kier molecular flexibility index (Phi) is 7.82. The number of rotatable bonds is 9. The van der Waals surface area contributed by atoms with E-state index in [-0.39, 0.29) is 30.1 Å². The van der Waals surface area contributed by atoms with Crippen LogP contribution in [0.4, 0.5) is 10.1 Å². The average Bonchev–Trinajstić information content (AvgIpc) is 2.69. The highest BCUT2D eigenvalue weighted by atomic mass is 19.1. The van der Waals surface area contributed by atoms with Crippen LogP contribution in [-0.2, 0) is 22.6 Å². The molecule has 8 heteroatoms. The largest absolute Gasteiger partial charge is 0.355 e. The van der Waals surface area contributed by atoms with Crippen molar-refractivity contribution >= 4 is 17.5 Å². The van der Waals surface area contributed by atoms with Crippen molar-refractivity contribution in [2.75, 3.05) is 6.54 Å². The van der Waals surface area contributed by atoms with Crippen molar-refractivity contribution in [1.82, 2.24) is 10.2 Å². The second kappa shape index (κ2) is 10.3. The average molecular weight is 401 g/mol. The van der Waals surface area contributed by atoms with E-state index in [0.717, 1.165) is 0 Å². The summed E-state index contributed by atoms with van der Waals surface area (Å²) in [5.74, 6) is -1.11. The third kappa shape index (κ3) is 5.84. The van der Waals surface area contributed by atoms with Crippen molar-refractivity contribution in [3.8, 4) is 0 Å². The van der Waals surface area contributed by atoms with E-state index < -0.39 is 22.7 Å². The first-order valence-corrected chi connectivity index (χ1v) is 9.41. The molecule has 2 rings (SSSR count). The summed E-state index contributed by atoms with van der Waals surface area (Å²) in [4.78, 5) is 37.8. The Labute approximate surface area is 168 Å². The number of halogens is 1. The molecule has 0 spiro atoms. The Morgan fingerprint density at radius 1 is 1.14 bits per heavy atom. The van der Waals surface area contributed by atoms with Gasteiger partial charge in [-0.25, -0.2) is 4.39 Å². The number of carbonyl (C=O) groups excluding carboxylic acids is 2. The number of nitrogens with one attached hydrogen (secondary N) is 1. The maximum Gasteiger partial charge on any atom is 0.273 e. The summed E-state index contributed by atoms with van der Waals surface area (Å²) in [5, 5.41) is 14.0. The SMILES string of the molecule is CCNC(=O)[C@@H](CC)N(Cc1ccc(F)cc1)C(=O)Cc1ccccc1[N+](=O)[O-]. The third-order valence-electron chi connectivity index (χ3n) is 4.53. The normalized spacial score (nSPS) is 11.6. The zero-order valence-electron chi connectivity index (χ0n) is 16.4. The van der Waals surface area contributed by atoms with Gasteiger partial charge in [0.1, 0.15) is 11.9 Å². The highest BCUT2D eigenvalue weighted by Gasteiger charge is 2.29. The summed E-state index contributed by atoms with van der Waals surface area (Å²) < 4.78 is 13.2. The standard InChI is InChI=1S/C21H24FN3O4/c1-3-18(21(27)23-4-2)24(14-15-9-11-17(22)12-10-15)20(26)13-16-7-5-6-8-19(16)25(28)29/h5-12,18H,3-4,13-14H2,1-2H3,(H,23,27)/t18-/m1/s1. The number of hydrogen-bond acceptors (Lipinski definition) is 4. The van der Waals surface area contributed by atoms with E-state index in [9.17, 15) is 24.1 Å². The lowest BCUT2D eigenvalue weighted by atomic mass is 10.1. The number of nitrogens with zero attached hydrogens (tertiary/aromatic N) is 2. The van der Waals surface area contributed by atoms with Gasteiger partial charge in [-0.1, -0.05) is 37.3 Å². The summed E-state index contributed by atoms with van der Waals surface area (Å²) >= 11 is 0. The highest BCUT2D eigenvalue weighted by molar-refractivity contribution is 5.88. The molecule has 7 nitrogen and oxygen atoms in total. The van der Waals surface area contributed by atoms with Gasteiger partial charge in [0.05, 0.1) is 11.3 Å². The van der Waals surface area contributed by atoms with E-state index in [1.54, 1.807) is 32.0 Å². The molecule has 0 saturated heterocycles. The number of nitro groups is 1. The van der Waals surface area contributed by atoms with E-state index >= 15 is 0 Å². The number of amides is 2. The Morgan fingerprint density at radius 3 is 2.38 bits per heavy atom. The number of hydrogen-bond donors (Lipinski definition) is 1. The van der Waals surface area contributed by atoms with Crippen LogP contribution in [0.5, 0.6) is 0 Å². The molecular formula is C21H24FN3O4. The molecule has 154 valence electrons. The molecule has 0 heterocycles. The summed E-state index contributed by atoms with van der Waals surface area (Å²) in [6.45, 7) is 4.08. The van der Waals surface area contributed by atoms with Crippen molar-refractivity contribution < 1.29 is 18.9 Å². The van der Waals surface area contributed by atoms with Crippen LogP contribution >= 0.6 is 0 Å². The van der Waals surface area contributed by atoms with Crippen LogP contribution in [0, 0.1) is 15.9 Å². The van der Waals surface area contributed by atoms with Crippen LogP contribution in [0.2, 0.25) is 0 Å². The monoisotopic (exact) mass is 401 g/mol. The predicted molar refractivity (Wildman–Crippen MR) is 107 cm³/mol. The molecule has 2 amide bonds. The quantitative estimate of drug-likeness (QED) is 0.516. The minimum Gasteiger partial charge on any atom is -0.355 e. The van der Waals surface area contributed by atoms with E-state index in [0.29, 0.717) is 18.5 Å². The topological polar surface area (TPSA) is 92.6 Å². The molecule has 0 radical (unpaired) electrons. The summed E-state index contributed by atoms with van der Waals surface area (Å²) in [7, 11) is 0. The molecule has 0 aliphatic carbocycles. The number of nitro benzene ring substituents is 1. The molecule has 0 fully saturated rings. The van der Waals surface area contributed by atoms with Gasteiger partial charge in [0.2, 0.25) is 11.8 Å². The Hall–Kier alpha value is -3.29. The van der Waals surface area contributed by atoms with Crippen LogP contribution < -0.4 is 5.32 Å². The Bertz CT molecular complexity index is 870. The summed E-state index contributed by atoms with van der Waals surface area (Å²) in [6.07, 6.45) is 0.157. The molecule has 0 saturated carbocycles. The number of para-hydroxylation sites is 1. The smallest absolute Gasteiger partial charge is 0.273 e. The number of likely N-dealkylation sites (N-methyl/N-ethyl adjacent to an activating group) is 1. The maximum atomic E-state index is 13.2. The van der Waals surface area contributed by atoms with Gasteiger partial charge in [0.25, 0.3) is 5.69 Å². The van der Waals surface area contributed by atoms with Crippen molar-refractivity contribution in [3.63, 3.8) is 0 Å². The first-order valence-electron chi connectivity index (χ1n) is 9.41. The summed E-state index contributed by atoms with van der Waals surface area (Å²) in [6, 6.07) is 11.0. The molecule has 0 aromatic heterocycles. The first kappa shape index (κ1) is 22.0. The van der Waals surface area contributed by atoms with Gasteiger partial charge in [-0.2, -0.15) is 0 Å². The molecule has 2 aromatic carbocycles. The maximum absolute atomic E-state index is 13.2. The van der Waals surface area contributed by atoms with Crippen LogP contribution in [0.15, 0.2) is 48.5 Å². The molecule has 1 N–H and O–H groups in total. The fourth-order valence-corrected chi connectivity index (χ4v) is 3.10. The molecule has 0 bridgehead atoms. The van der Waals surface area contributed by atoms with Crippen molar-refractivity contribution in [2.45, 2.75) is 39.3 Å². The molecular weight excluding hydrogens is 377 g/mol. The Morgan fingerprint density at radius 2 is 1.79 bits per heavy atom. The van der Waals surface area contributed by atoms with E-state index in [1.807, 2.05) is 0 Å². The fourth-order valence-electron chi connectivity index (χ4n) is 3.10. The van der Waals surface area contributed by atoms with E-state index in [4.69, 9.17) is 0 Å². The lowest BCUT2D eigenvalue weighted by Crippen LogP contribution is -2.49. The number of carbonyl (C=O) groups is 2. The van der Waals surface area contributed by atoms with Gasteiger partial charge < -0.3 is 10.2 Å². The molecule has 0 aliphatic heterocycles. The van der Waals surface area contributed by atoms with E-state index in [2.05, 4.69) is 5.32 Å². The molecule has 0 aliphatic rings. The van der Waals surface area contributed by atoms with Crippen LogP contribution in [0.25, 0.3) is 0 Å². The molecule has 1 atom stereocenters. The van der Waals surface area contributed by atoms with Gasteiger partial charge in [-0.15, -0.1) is 0 Å².